The van der Waals surface area contributed by atoms with Crippen LogP contribution in [0, 0.1) is 20.8 Å². The normalized spacial score (nSPS) is 14.6. The highest BCUT2D eigenvalue weighted by molar-refractivity contribution is 6.07. The van der Waals surface area contributed by atoms with E-state index in [1.165, 1.54) is 0 Å². The topological polar surface area (TPSA) is 49.3 Å². The molecule has 3 aromatic rings. The molecule has 1 aromatic carbocycles. The van der Waals surface area contributed by atoms with Crippen LogP contribution in [-0.2, 0) is 0 Å². The molecule has 0 N–H and O–H groups in total. The molecule has 1 saturated heterocycles. The monoisotopic (exact) mass is 360 g/mol. The van der Waals surface area contributed by atoms with E-state index < -0.39 is 0 Å². The molecule has 4 rings (SSSR count). The van der Waals surface area contributed by atoms with Gasteiger partial charge in [-0.25, -0.2) is 4.98 Å². The van der Waals surface area contributed by atoms with Gasteiger partial charge in [-0.1, -0.05) is 17.7 Å². The summed E-state index contributed by atoms with van der Waals surface area (Å²) in [5, 5.41) is 0.954. The van der Waals surface area contributed by atoms with Crippen LogP contribution < -0.4 is 4.90 Å². The maximum Gasteiger partial charge on any atom is 0.254 e. The summed E-state index contributed by atoms with van der Waals surface area (Å²) in [5.74, 6) is 1.07. The Kier molecular flexibility index (Phi) is 4.52. The van der Waals surface area contributed by atoms with Gasteiger partial charge in [0.05, 0.1) is 11.1 Å². The number of fused-ring (bicyclic) bond motifs is 1. The maximum atomic E-state index is 13.3. The summed E-state index contributed by atoms with van der Waals surface area (Å²) in [5.41, 5.74) is 4.83. The molecule has 0 spiro atoms. The van der Waals surface area contributed by atoms with Gasteiger partial charge >= 0.3 is 0 Å². The van der Waals surface area contributed by atoms with Gasteiger partial charge < -0.3 is 9.80 Å². The fourth-order valence-electron chi connectivity index (χ4n) is 3.84. The third-order valence-electron chi connectivity index (χ3n) is 5.15. The number of pyridine rings is 2. The summed E-state index contributed by atoms with van der Waals surface area (Å²) in [6, 6.07) is 12.1. The molecule has 0 radical (unpaired) electrons. The largest absolute Gasteiger partial charge is 0.353 e. The van der Waals surface area contributed by atoms with Crippen LogP contribution in [0.3, 0.4) is 0 Å². The zero-order valence-corrected chi connectivity index (χ0v) is 16.1. The first kappa shape index (κ1) is 17.5. The second-order valence-corrected chi connectivity index (χ2v) is 7.26. The lowest BCUT2D eigenvalue weighted by Gasteiger charge is -2.35. The average Bonchev–Trinajstić information content (AvgIpc) is 2.68. The molecule has 1 amide bonds. The first-order chi connectivity index (χ1) is 13.0. The van der Waals surface area contributed by atoms with Gasteiger partial charge in [0.1, 0.15) is 5.82 Å². The van der Waals surface area contributed by atoms with E-state index in [9.17, 15) is 4.79 Å². The van der Waals surface area contributed by atoms with Crippen molar-refractivity contribution in [3.63, 3.8) is 0 Å². The summed E-state index contributed by atoms with van der Waals surface area (Å²) in [6.07, 6.45) is 1.81. The van der Waals surface area contributed by atoms with E-state index in [1.807, 2.05) is 42.3 Å². The number of nitrogens with zero attached hydrogens (tertiary/aromatic N) is 4. The van der Waals surface area contributed by atoms with Crippen molar-refractivity contribution in [3.05, 3.63) is 65.0 Å². The Morgan fingerprint density at radius 2 is 1.78 bits per heavy atom. The Morgan fingerprint density at radius 1 is 1.00 bits per heavy atom. The number of benzene rings is 1. The van der Waals surface area contributed by atoms with E-state index >= 15 is 0 Å². The van der Waals surface area contributed by atoms with Crippen LogP contribution in [0.4, 0.5) is 5.82 Å². The summed E-state index contributed by atoms with van der Waals surface area (Å²) in [4.78, 5) is 26.6. The molecule has 0 bridgehead atoms. The van der Waals surface area contributed by atoms with Gasteiger partial charge in [-0.3, -0.25) is 9.78 Å². The van der Waals surface area contributed by atoms with E-state index in [0.717, 1.165) is 52.2 Å². The quantitative estimate of drug-likeness (QED) is 0.702. The molecular formula is C22H24N4O. The lowest BCUT2D eigenvalue weighted by atomic mass is 10.0. The number of aryl methyl sites for hydroxylation is 3. The third-order valence-corrected chi connectivity index (χ3v) is 5.15. The number of amides is 1. The van der Waals surface area contributed by atoms with E-state index in [0.29, 0.717) is 13.1 Å². The molecule has 2 aromatic heterocycles. The molecule has 3 heterocycles. The summed E-state index contributed by atoms with van der Waals surface area (Å²) >= 11 is 0. The number of anilines is 1. The first-order valence-electron chi connectivity index (χ1n) is 9.37. The van der Waals surface area contributed by atoms with E-state index in [2.05, 4.69) is 40.8 Å². The van der Waals surface area contributed by atoms with Gasteiger partial charge in [-0.2, -0.15) is 0 Å². The Labute approximate surface area is 159 Å². The van der Waals surface area contributed by atoms with Crippen molar-refractivity contribution in [2.24, 2.45) is 0 Å². The lowest BCUT2D eigenvalue weighted by molar-refractivity contribution is 0.0748. The van der Waals surface area contributed by atoms with Crippen molar-refractivity contribution in [2.45, 2.75) is 20.8 Å². The fraction of sp³-hybridized carbons (Fsp3) is 0.318. The number of carbonyl (C=O) groups excluding carboxylic acids is 1. The average molecular weight is 360 g/mol. The van der Waals surface area contributed by atoms with Gasteiger partial charge in [0, 0.05) is 43.5 Å². The number of aromatic nitrogens is 2. The zero-order valence-electron chi connectivity index (χ0n) is 16.1. The van der Waals surface area contributed by atoms with Gasteiger partial charge in [0.25, 0.3) is 5.91 Å². The minimum absolute atomic E-state index is 0.0937. The van der Waals surface area contributed by atoms with Crippen LogP contribution >= 0.6 is 0 Å². The Balaban J connectivity index is 1.61. The second kappa shape index (κ2) is 6.99. The minimum atomic E-state index is 0.0937. The number of hydrogen-bond donors (Lipinski definition) is 0. The summed E-state index contributed by atoms with van der Waals surface area (Å²) in [6.45, 7) is 9.06. The smallest absolute Gasteiger partial charge is 0.254 e. The van der Waals surface area contributed by atoms with Crippen molar-refractivity contribution in [1.29, 1.82) is 0 Å². The molecule has 5 nitrogen and oxygen atoms in total. The van der Waals surface area contributed by atoms with Gasteiger partial charge in [0.2, 0.25) is 0 Å². The third kappa shape index (κ3) is 3.37. The van der Waals surface area contributed by atoms with E-state index in [-0.39, 0.29) is 5.91 Å². The van der Waals surface area contributed by atoms with Crippen LogP contribution in [0.5, 0.6) is 0 Å². The highest BCUT2D eigenvalue weighted by Gasteiger charge is 2.24. The molecule has 0 unspecified atom stereocenters. The van der Waals surface area contributed by atoms with E-state index in [1.54, 1.807) is 0 Å². The predicted octanol–water partition coefficient (Wildman–Crippen LogP) is 3.52. The summed E-state index contributed by atoms with van der Waals surface area (Å²) in [7, 11) is 0. The van der Waals surface area contributed by atoms with Crippen molar-refractivity contribution in [2.75, 3.05) is 31.1 Å². The zero-order chi connectivity index (χ0) is 19.0. The maximum absolute atomic E-state index is 13.3. The molecule has 5 heteroatoms. The molecule has 1 aliphatic heterocycles. The van der Waals surface area contributed by atoms with Crippen molar-refractivity contribution in [3.8, 4) is 0 Å². The van der Waals surface area contributed by atoms with Gasteiger partial charge in [-0.05, 0) is 50.6 Å². The highest BCUT2D eigenvalue weighted by atomic mass is 16.2. The van der Waals surface area contributed by atoms with Crippen molar-refractivity contribution < 1.29 is 4.79 Å². The lowest BCUT2D eigenvalue weighted by Crippen LogP contribution is -2.49. The van der Waals surface area contributed by atoms with Crippen LogP contribution in [0.15, 0.2) is 42.6 Å². The Bertz CT molecular complexity index is 992. The number of carbonyl (C=O) groups is 1. The summed E-state index contributed by atoms with van der Waals surface area (Å²) < 4.78 is 0. The standard InChI is InChI=1S/C22H24N4O/c1-15-12-16(2)21-18(13-15)19(14-17(3)24-21)22(27)26-10-8-25(9-11-26)20-6-4-5-7-23-20/h4-7,12-14H,8-11H2,1-3H3. The van der Waals surface area contributed by atoms with Crippen LogP contribution in [0.1, 0.15) is 27.2 Å². The molecule has 1 fully saturated rings. The van der Waals surface area contributed by atoms with Crippen LogP contribution in [0.2, 0.25) is 0 Å². The van der Waals surface area contributed by atoms with Crippen LogP contribution in [-0.4, -0.2) is 47.0 Å². The molecule has 0 saturated carbocycles. The predicted molar refractivity (Wildman–Crippen MR) is 108 cm³/mol. The second-order valence-electron chi connectivity index (χ2n) is 7.26. The van der Waals surface area contributed by atoms with E-state index in [4.69, 9.17) is 0 Å². The Morgan fingerprint density at radius 3 is 2.48 bits per heavy atom. The fourth-order valence-corrected chi connectivity index (χ4v) is 3.84. The molecule has 0 atom stereocenters. The van der Waals surface area contributed by atoms with Gasteiger partial charge in [0.15, 0.2) is 0 Å². The minimum Gasteiger partial charge on any atom is -0.353 e. The number of rotatable bonds is 2. The molecule has 27 heavy (non-hydrogen) atoms. The molecule has 138 valence electrons. The first-order valence-corrected chi connectivity index (χ1v) is 9.37. The SMILES string of the molecule is Cc1cc(C)c2nc(C)cc(C(=O)N3CCN(c4ccccn4)CC3)c2c1. The van der Waals surface area contributed by atoms with Crippen molar-refractivity contribution in [1.82, 2.24) is 14.9 Å². The number of hydrogen-bond acceptors (Lipinski definition) is 4. The van der Waals surface area contributed by atoms with Gasteiger partial charge in [-0.15, -0.1) is 0 Å². The Hall–Kier alpha value is -2.95. The van der Waals surface area contributed by atoms with Crippen molar-refractivity contribution >= 4 is 22.6 Å². The number of piperazine rings is 1. The molecule has 1 aliphatic rings. The molecular weight excluding hydrogens is 336 g/mol. The highest BCUT2D eigenvalue weighted by Crippen LogP contribution is 2.25. The van der Waals surface area contributed by atoms with Crippen LogP contribution in [0.25, 0.3) is 10.9 Å². The molecule has 0 aliphatic carbocycles.